The molecular weight excluding hydrogens is 310 g/mol. The molecule has 1 aromatic rings. The van der Waals surface area contributed by atoms with Crippen molar-refractivity contribution in [1.29, 1.82) is 0 Å². The maximum Gasteiger partial charge on any atom is 0.250 e. The van der Waals surface area contributed by atoms with Crippen molar-refractivity contribution in [2.75, 3.05) is 19.3 Å². The minimum Gasteiger partial charge on any atom is -0.341 e. The topological polar surface area (TPSA) is 68.3 Å². The van der Waals surface area contributed by atoms with E-state index in [1.165, 1.54) is 0 Å². The van der Waals surface area contributed by atoms with Gasteiger partial charge in [0.2, 0.25) is 5.91 Å². The molecule has 1 amide bonds. The summed E-state index contributed by atoms with van der Waals surface area (Å²) < 4.78 is 1.31. The minimum absolute atomic E-state index is 0.0183. The number of pyridine rings is 1. The smallest absolute Gasteiger partial charge is 0.250 e. The molecule has 1 aliphatic heterocycles. The Balaban J connectivity index is 1.99. The van der Waals surface area contributed by atoms with Crippen molar-refractivity contribution in [2.24, 2.45) is 12.8 Å². The first kappa shape index (κ1) is 18.1. The Morgan fingerprint density at radius 1 is 1.39 bits per heavy atom. The predicted molar refractivity (Wildman–Crippen MR) is 95.8 cm³/mol. The Morgan fingerprint density at radius 2 is 2.00 bits per heavy atom. The van der Waals surface area contributed by atoms with Gasteiger partial charge in [0, 0.05) is 37.1 Å². The number of likely N-dealkylation sites (tertiary alicyclic amines) is 1. The number of aromatic nitrogens is 1. The number of piperidine rings is 1. The van der Waals surface area contributed by atoms with Crippen molar-refractivity contribution >= 4 is 17.7 Å². The average molecular weight is 337 g/mol. The van der Waals surface area contributed by atoms with E-state index < -0.39 is 6.04 Å². The number of rotatable bonds is 4. The summed E-state index contributed by atoms with van der Waals surface area (Å²) in [5.74, 6) is 0.379. The Labute approximate surface area is 142 Å². The molecule has 23 heavy (non-hydrogen) atoms. The molecule has 0 aliphatic carbocycles. The van der Waals surface area contributed by atoms with Gasteiger partial charge >= 0.3 is 0 Å². The highest BCUT2D eigenvalue weighted by Gasteiger charge is 2.35. The van der Waals surface area contributed by atoms with Crippen molar-refractivity contribution in [3.05, 3.63) is 34.2 Å². The van der Waals surface area contributed by atoms with Crippen LogP contribution in [0.1, 0.15) is 38.2 Å². The highest BCUT2D eigenvalue weighted by atomic mass is 32.2. The second kappa shape index (κ2) is 7.09. The number of thioether (sulfide) groups is 1. The van der Waals surface area contributed by atoms with Crippen LogP contribution >= 0.6 is 11.8 Å². The number of hydrogen-bond donors (Lipinski definition) is 1. The average Bonchev–Trinajstić information content (AvgIpc) is 2.56. The van der Waals surface area contributed by atoms with Crippen LogP contribution in [0.2, 0.25) is 0 Å². The summed E-state index contributed by atoms with van der Waals surface area (Å²) in [6.45, 7) is 5.42. The molecule has 2 heterocycles. The standard InChI is InChI=1S/C17H27N3O2S/c1-17(2,23-4)15(18)16(22)20-9-6-12(7-10-20)13-5-8-19(3)14(21)11-13/h5,8,11-12,15H,6-7,9-10,18H2,1-4H3/t15-/m1/s1. The molecule has 1 aliphatic rings. The molecule has 2 rings (SSSR count). The largest absolute Gasteiger partial charge is 0.341 e. The van der Waals surface area contributed by atoms with E-state index in [-0.39, 0.29) is 16.2 Å². The lowest BCUT2D eigenvalue weighted by molar-refractivity contribution is -0.134. The van der Waals surface area contributed by atoms with Gasteiger partial charge in [-0.3, -0.25) is 9.59 Å². The van der Waals surface area contributed by atoms with Crippen LogP contribution in [-0.4, -0.2) is 45.5 Å². The van der Waals surface area contributed by atoms with E-state index in [9.17, 15) is 9.59 Å². The molecule has 0 aromatic carbocycles. The maximum absolute atomic E-state index is 12.6. The Hall–Kier alpha value is -1.27. The lowest BCUT2D eigenvalue weighted by Gasteiger charge is -2.37. The first-order valence-electron chi connectivity index (χ1n) is 8.02. The summed E-state index contributed by atoms with van der Waals surface area (Å²) in [6.07, 6.45) is 5.55. The zero-order chi connectivity index (χ0) is 17.2. The van der Waals surface area contributed by atoms with Gasteiger partial charge in [-0.1, -0.05) is 0 Å². The van der Waals surface area contributed by atoms with Crippen LogP contribution in [-0.2, 0) is 11.8 Å². The second-order valence-electron chi connectivity index (χ2n) is 6.79. The number of nitrogens with two attached hydrogens (primary N) is 1. The third-order valence-corrected chi connectivity index (χ3v) is 6.25. The molecule has 0 bridgehead atoms. The summed E-state index contributed by atoms with van der Waals surface area (Å²) >= 11 is 1.62. The molecule has 2 N–H and O–H groups in total. The normalized spacial score (nSPS) is 18.0. The molecule has 1 fully saturated rings. The van der Waals surface area contributed by atoms with Crippen molar-refractivity contribution in [3.8, 4) is 0 Å². The summed E-state index contributed by atoms with van der Waals surface area (Å²) in [5, 5.41) is 0. The summed E-state index contributed by atoms with van der Waals surface area (Å²) in [7, 11) is 1.75. The van der Waals surface area contributed by atoms with Gasteiger partial charge in [-0.25, -0.2) is 0 Å². The van der Waals surface area contributed by atoms with Gasteiger partial charge in [0.05, 0.1) is 6.04 Å². The van der Waals surface area contributed by atoms with Crippen molar-refractivity contribution in [2.45, 2.75) is 43.4 Å². The number of carbonyl (C=O) groups is 1. The molecule has 1 aromatic heterocycles. The molecule has 0 radical (unpaired) electrons. The molecule has 0 saturated carbocycles. The second-order valence-corrected chi connectivity index (χ2v) is 8.25. The molecule has 128 valence electrons. The quantitative estimate of drug-likeness (QED) is 0.905. The van der Waals surface area contributed by atoms with Crippen LogP contribution in [0.25, 0.3) is 0 Å². The summed E-state index contributed by atoms with van der Waals surface area (Å²) in [4.78, 5) is 26.2. The van der Waals surface area contributed by atoms with E-state index in [2.05, 4.69) is 0 Å². The molecule has 5 nitrogen and oxygen atoms in total. The first-order chi connectivity index (χ1) is 10.8. The lowest BCUT2D eigenvalue weighted by atomic mass is 9.89. The molecule has 1 saturated heterocycles. The molecular formula is C17H27N3O2S. The van der Waals surface area contributed by atoms with Gasteiger partial charge in [0.15, 0.2) is 0 Å². The van der Waals surface area contributed by atoms with E-state index in [0.717, 1.165) is 18.4 Å². The third kappa shape index (κ3) is 3.98. The maximum atomic E-state index is 12.6. The Bertz CT molecular complexity index is 619. The fourth-order valence-electron chi connectivity index (χ4n) is 2.87. The molecule has 6 heteroatoms. The fraction of sp³-hybridized carbons (Fsp3) is 0.647. The van der Waals surface area contributed by atoms with Crippen LogP contribution < -0.4 is 11.3 Å². The number of amides is 1. The van der Waals surface area contributed by atoms with Gasteiger partial charge in [-0.15, -0.1) is 0 Å². The van der Waals surface area contributed by atoms with E-state index in [1.807, 2.05) is 37.3 Å². The van der Waals surface area contributed by atoms with Crippen molar-refractivity contribution in [1.82, 2.24) is 9.47 Å². The third-order valence-electron chi connectivity index (χ3n) is 4.95. The zero-order valence-corrected chi connectivity index (χ0v) is 15.2. The number of carbonyl (C=O) groups excluding carboxylic acids is 1. The van der Waals surface area contributed by atoms with E-state index >= 15 is 0 Å². The van der Waals surface area contributed by atoms with Gasteiger partial charge < -0.3 is 15.2 Å². The number of nitrogens with zero attached hydrogens (tertiary/aromatic N) is 2. The Kier molecular flexibility index (Phi) is 5.57. The lowest BCUT2D eigenvalue weighted by Crippen LogP contribution is -2.54. The van der Waals surface area contributed by atoms with Crippen LogP contribution in [0, 0.1) is 0 Å². The first-order valence-corrected chi connectivity index (χ1v) is 9.25. The van der Waals surface area contributed by atoms with Crippen molar-refractivity contribution < 1.29 is 4.79 Å². The highest BCUT2D eigenvalue weighted by molar-refractivity contribution is 8.00. The predicted octanol–water partition coefficient (Wildman–Crippen LogP) is 1.56. The van der Waals surface area contributed by atoms with E-state index in [1.54, 1.807) is 29.4 Å². The molecule has 0 spiro atoms. The number of aryl methyl sites for hydroxylation is 1. The van der Waals surface area contributed by atoms with Gasteiger partial charge in [0.25, 0.3) is 5.56 Å². The van der Waals surface area contributed by atoms with E-state index in [4.69, 9.17) is 5.73 Å². The van der Waals surface area contributed by atoms with Gasteiger partial charge in [-0.2, -0.15) is 11.8 Å². The van der Waals surface area contributed by atoms with Crippen LogP contribution in [0.4, 0.5) is 0 Å². The van der Waals surface area contributed by atoms with Gasteiger partial charge in [-0.05, 0) is 50.5 Å². The van der Waals surface area contributed by atoms with Gasteiger partial charge in [0.1, 0.15) is 0 Å². The Morgan fingerprint density at radius 3 is 2.52 bits per heavy atom. The monoisotopic (exact) mass is 337 g/mol. The molecule has 1 atom stereocenters. The highest BCUT2D eigenvalue weighted by Crippen LogP contribution is 2.30. The molecule has 0 unspecified atom stereocenters. The number of hydrogen-bond acceptors (Lipinski definition) is 4. The van der Waals surface area contributed by atoms with E-state index in [0.29, 0.717) is 19.0 Å². The fourth-order valence-corrected chi connectivity index (χ4v) is 3.23. The summed E-state index contributed by atoms with van der Waals surface area (Å²) in [6, 6.07) is 3.23. The van der Waals surface area contributed by atoms with Crippen LogP contribution in [0.5, 0.6) is 0 Å². The van der Waals surface area contributed by atoms with Crippen molar-refractivity contribution in [3.63, 3.8) is 0 Å². The van der Waals surface area contributed by atoms with Crippen LogP contribution in [0.15, 0.2) is 23.1 Å². The van der Waals surface area contributed by atoms with Crippen LogP contribution in [0.3, 0.4) is 0 Å². The summed E-state index contributed by atoms with van der Waals surface area (Å²) in [5.41, 5.74) is 7.26. The zero-order valence-electron chi connectivity index (χ0n) is 14.4. The minimum atomic E-state index is -0.488. The SMILES string of the molecule is CSC(C)(C)[C@H](N)C(=O)N1CCC(c2ccn(C)c(=O)c2)CC1.